The molecule has 1 aromatic rings. The van der Waals surface area contributed by atoms with E-state index in [1.165, 1.54) is 0 Å². The van der Waals surface area contributed by atoms with E-state index < -0.39 is 0 Å². The molecule has 20 heavy (non-hydrogen) atoms. The Morgan fingerprint density at radius 3 is 2.95 bits per heavy atom. The van der Waals surface area contributed by atoms with Crippen LogP contribution in [0.5, 0.6) is 11.5 Å². The van der Waals surface area contributed by atoms with Crippen LogP contribution < -0.4 is 14.8 Å². The molecule has 4 heteroatoms. The van der Waals surface area contributed by atoms with Gasteiger partial charge in [-0.15, -0.1) is 0 Å². The van der Waals surface area contributed by atoms with Crippen LogP contribution in [0, 0.1) is 16.7 Å². The summed E-state index contributed by atoms with van der Waals surface area (Å²) in [4.78, 5) is 0. The van der Waals surface area contributed by atoms with Crippen LogP contribution in [-0.4, -0.2) is 13.3 Å². The van der Waals surface area contributed by atoms with Crippen molar-refractivity contribution >= 4 is 0 Å². The fraction of sp³-hybridized carbons (Fsp3) is 0.562. The molecule has 1 N–H and O–H groups in total. The third-order valence-electron chi connectivity index (χ3n) is 3.50. The Morgan fingerprint density at radius 2 is 2.15 bits per heavy atom. The van der Waals surface area contributed by atoms with E-state index in [1.807, 2.05) is 26.0 Å². The first-order chi connectivity index (χ1) is 9.62. The van der Waals surface area contributed by atoms with Gasteiger partial charge in [0.2, 0.25) is 6.79 Å². The van der Waals surface area contributed by atoms with Crippen molar-refractivity contribution in [1.82, 2.24) is 5.32 Å². The lowest BCUT2D eigenvalue weighted by Gasteiger charge is -2.14. The summed E-state index contributed by atoms with van der Waals surface area (Å²) < 4.78 is 10.8. The Kier molecular flexibility index (Phi) is 4.86. The zero-order chi connectivity index (χ0) is 14.4. The second-order valence-electron chi connectivity index (χ2n) is 5.78. The molecule has 0 unspecified atom stereocenters. The molecule has 0 fully saturated rings. The zero-order valence-electron chi connectivity index (χ0n) is 12.2. The van der Waals surface area contributed by atoms with Gasteiger partial charge in [0, 0.05) is 12.1 Å². The van der Waals surface area contributed by atoms with Crippen LogP contribution in [-0.2, 0) is 6.54 Å². The van der Waals surface area contributed by atoms with E-state index in [9.17, 15) is 0 Å². The monoisotopic (exact) mass is 274 g/mol. The molecule has 0 aliphatic carbocycles. The minimum atomic E-state index is -0.203. The third kappa shape index (κ3) is 3.88. The van der Waals surface area contributed by atoms with Crippen molar-refractivity contribution in [3.8, 4) is 17.6 Å². The van der Waals surface area contributed by atoms with Crippen LogP contribution in [0.1, 0.15) is 38.7 Å². The van der Waals surface area contributed by atoms with Gasteiger partial charge in [-0.2, -0.15) is 5.26 Å². The maximum absolute atomic E-state index is 8.94. The first-order valence-electron chi connectivity index (χ1n) is 7.12. The molecule has 4 nitrogen and oxygen atoms in total. The van der Waals surface area contributed by atoms with Crippen molar-refractivity contribution in [1.29, 1.82) is 5.26 Å². The number of benzene rings is 1. The van der Waals surface area contributed by atoms with Gasteiger partial charge in [-0.1, -0.05) is 18.6 Å². The lowest BCUT2D eigenvalue weighted by molar-refractivity contribution is 0.173. The van der Waals surface area contributed by atoms with Crippen molar-refractivity contribution in [2.24, 2.45) is 5.41 Å². The highest BCUT2D eigenvalue weighted by Gasteiger charge is 2.17. The van der Waals surface area contributed by atoms with Gasteiger partial charge in [-0.3, -0.25) is 0 Å². The van der Waals surface area contributed by atoms with Gasteiger partial charge in [0.25, 0.3) is 0 Å². The molecule has 0 aromatic heterocycles. The summed E-state index contributed by atoms with van der Waals surface area (Å²) in [6.45, 7) is 6.03. The smallest absolute Gasteiger partial charge is 0.231 e. The molecule has 1 heterocycles. The number of nitrogens with one attached hydrogen (secondary N) is 1. The van der Waals surface area contributed by atoms with Crippen LogP contribution in [0.4, 0.5) is 0 Å². The molecular weight excluding hydrogens is 252 g/mol. The van der Waals surface area contributed by atoms with Crippen molar-refractivity contribution in [2.75, 3.05) is 13.3 Å². The Hall–Kier alpha value is -1.73. The first-order valence-corrected chi connectivity index (χ1v) is 7.12. The quantitative estimate of drug-likeness (QED) is 0.776. The molecule has 0 spiro atoms. The average molecular weight is 274 g/mol. The number of hydrogen-bond donors (Lipinski definition) is 1. The first kappa shape index (κ1) is 14.7. The maximum Gasteiger partial charge on any atom is 0.231 e. The number of ether oxygens (including phenoxy) is 2. The minimum absolute atomic E-state index is 0.203. The molecule has 2 rings (SSSR count). The number of nitriles is 1. The third-order valence-corrected chi connectivity index (χ3v) is 3.50. The van der Waals surface area contributed by atoms with Crippen LogP contribution in [0.2, 0.25) is 0 Å². The van der Waals surface area contributed by atoms with Crippen molar-refractivity contribution in [3.05, 3.63) is 23.8 Å². The summed E-state index contributed by atoms with van der Waals surface area (Å²) in [6.07, 6.45) is 3.10. The molecule has 0 saturated carbocycles. The molecule has 1 aliphatic heterocycles. The highest BCUT2D eigenvalue weighted by atomic mass is 16.7. The van der Waals surface area contributed by atoms with Gasteiger partial charge in [-0.25, -0.2) is 0 Å². The van der Waals surface area contributed by atoms with E-state index in [4.69, 9.17) is 14.7 Å². The fourth-order valence-electron chi connectivity index (χ4n) is 2.23. The number of nitrogens with zero attached hydrogens (tertiary/aromatic N) is 1. The van der Waals surface area contributed by atoms with Crippen molar-refractivity contribution in [3.63, 3.8) is 0 Å². The lowest BCUT2D eigenvalue weighted by atomic mass is 9.89. The maximum atomic E-state index is 8.94. The molecule has 0 saturated heterocycles. The zero-order valence-corrected chi connectivity index (χ0v) is 12.2. The van der Waals surface area contributed by atoms with E-state index in [0.717, 1.165) is 49.4 Å². The van der Waals surface area contributed by atoms with Crippen LogP contribution >= 0.6 is 0 Å². The van der Waals surface area contributed by atoms with E-state index in [1.54, 1.807) is 0 Å². The van der Waals surface area contributed by atoms with Gasteiger partial charge >= 0.3 is 0 Å². The average Bonchev–Trinajstić information content (AvgIpc) is 2.91. The number of unbranched alkanes of at least 4 members (excludes halogenated alkanes) is 1. The summed E-state index contributed by atoms with van der Waals surface area (Å²) in [7, 11) is 0. The van der Waals surface area contributed by atoms with Gasteiger partial charge in [0.05, 0.1) is 11.5 Å². The molecule has 0 amide bonds. The van der Waals surface area contributed by atoms with Gasteiger partial charge in [0.1, 0.15) is 0 Å². The van der Waals surface area contributed by atoms with E-state index in [0.29, 0.717) is 6.79 Å². The van der Waals surface area contributed by atoms with Gasteiger partial charge in [-0.05, 0) is 39.3 Å². The van der Waals surface area contributed by atoms with Gasteiger partial charge in [0.15, 0.2) is 11.5 Å². The highest BCUT2D eigenvalue weighted by molar-refractivity contribution is 5.48. The van der Waals surface area contributed by atoms with Crippen molar-refractivity contribution in [2.45, 2.75) is 39.7 Å². The Bertz CT molecular complexity index is 492. The lowest BCUT2D eigenvalue weighted by Crippen LogP contribution is -2.16. The normalized spacial score (nSPS) is 13.2. The molecule has 108 valence electrons. The topological polar surface area (TPSA) is 54.3 Å². The Morgan fingerprint density at radius 1 is 1.30 bits per heavy atom. The molecule has 0 bridgehead atoms. The van der Waals surface area contributed by atoms with Gasteiger partial charge < -0.3 is 14.8 Å². The molecule has 1 aliphatic rings. The van der Waals surface area contributed by atoms with E-state index >= 15 is 0 Å². The summed E-state index contributed by atoms with van der Waals surface area (Å²) >= 11 is 0. The van der Waals surface area contributed by atoms with E-state index in [-0.39, 0.29) is 5.41 Å². The standard InChI is InChI=1S/C16H22N2O2/c1-16(2,11-17)8-3-4-9-18-10-13-6-5-7-14-15(13)20-12-19-14/h5-7,18H,3-4,8-10,12H2,1-2H3. The largest absolute Gasteiger partial charge is 0.454 e. The number of para-hydroxylation sites is 1. The Labute approximate surface area is 120 Å². The molecule has 0 radical (unpaired) electrons. The predicted octanol–water partition coefficient (Wildman–Crippen LogP) is 3.22. The predicted molar refractivity (Wildman–Crippen MR) is 77.5 cm³/mol. The van der Waals surface area contributed by atoms with Crippen molar-refractivity contribution < 1.29 is 9.47 Å². The van der Waals surface area contributed by atoms with Crippen LogP contribution in [0.3, 0.4) is 0 Å². The molecule has 0 atom stereocenters. The summed E-state index contributed by atoms with van der Waals surface area (Å²) in [5.41, 5.74) is 0.933. The number of rotatable bonds is 7. The summed E-state index contributed by atoms with van der Waals surface area (Å²) in [5.74, 6) is 1.70. The summed E-state index contributed by atoms with van der Waals surface area (Å²) in [6, 6.07) is 8.30. The fourth-order valence-corrected chi connectivity index (χ4v) is 2.23. The Balaban J connectivity index is 1.68. The second-order valence-corrected chi connectivity index (χ2v) is 5.78. The molecule has 1 aromatic carbocycles. The van der Waals surface area contributed by atoms with Crippen LogP contribution in [0.15, 0.2) is 18.2 Å². The van der Waals surface area contributed by atoms with E-state index in [2.05, 4.69) is 17.5 Å². The minimum Gasteiger partial charge on any atom is -0.454 e. The highest BCUT2D eigenvalue weighted by Crippen LogP contribution is 2.35. The number of hydrogen-bond acceptors (Lipinski definition) is 4. The second kappa shape index (κ2) is 6.62. The van der Waals surface area contributed by atoms with Crippen LogP contribution in [0.25, 0.3) is 0 Å². The summed E-state index contributed by atoms with van der Waals surface area (Å²) in [5, 5.41) is 12.4. The molecular formula is C16H22N2O2. The SMILES string of the molecule is CC(C)(C#N)CCCCNCc1cccc2c1OCO2. The number of fused-ring (bicyclic) bond motifs is 1.